The van der Waals surface area contributed by atoms with E-state index in [4.69, 9.17) is 5.11 Å². The summed E-state index contributed by atoms with van der Waals surface area (Å²) in [6, 6.07) is 7.77. The van der Waals surface area contributed by atoms with Crippen molar-refractivity contribution in [2.24, 2.45) is 0 Å². The Hall–Kier alpha value is -1.77. The first-order valence-electron chi connectivity index (χ1n) is 4.88. The molecule has 1 aromatic rings. The lowest BCUT2D eigenvalue weighted by Gasteiger charge is -2.05. The van der Waals surface area contributed by atoms with Crippen LogP contribution in [0.4, 0.5) is 5.69 Å². The van der Waals surface area contributed by atoms with Crippen LogP contribution in [-0.4, -0.2) is 17.6 Å². The molecule has 3 heteroatoms. The van der Waals surface area contributed by atoms with E-state index >= 15 is 0 Å². The maximum atomic E-state index is 10.4. The highest BCUT2D eigenvalue weighted by Crippen LogP contribution is 2.11. The van der Waals surface area contributed by atoms with Crippen LogP contribution < -0.4 is 5.32 Å². The highest BCUT2D eigenvalue weighted by Gasteiger charge is 1.99. The molecule has 0 aliphatic carbocycles. The van der Waals surface area contributed by atoms with Crippen molar-refractivity contribution in [3.05, 3.63) is 42.5 Å². The van der Waals surface area contributed by atoms with Crippen molar-refractivity contribution in [2.75, 3.05) is 11.9 Å². The van der Waals surface area contributed by atoms with Crippen LogP contribution >= 0.6 is 0 Å². The van der Waals surface area contributed by atoms with Crippen LogP contribution in [0.1, 0.15) is 12.0 Å². The largest absolute Gasteiger partial charge is 0.481 e. The Labute approximate surface area is 89.4 Å². The number of nitrogens with one attached hydrogen (secondary N) is 1. The van der Waals surface area contributed by atoms with E-state index in [-0.39, 0.29) is 6.42 Å². The molecule has 0 saturated heterocycles. The van der Waals surface area contributed by atoms with Gasteiger partial charge in [-0.1, -0.05) is 18.2 Å². The van der Waals surface area contributed by atoms with Crippen molar-refractivity contribution in [1.82, 2.24) is 0 Å². The summed E-state index contributed by atoms with van der Waals surface area (Å²) in [5.41, 5.74) is 2.03. The van der Waals surface area contributed by atoms with E-state index in [0.29, 0.717) is 13.0 Å². The van der Waals surface area contributed by atoms with E-state index in [1.807, 2.05) is 24.3 Å². The molecule has 0 spiro atoms. The van der Waals surface area contributed by atoms with Crippen molar-refractivity contribution < 1.29 is 9.90 Å². The van der Waals surface area contributed by atoms with Gasteiger partial charge in [-0.3, -0.25) is 4.79 Å². The number of benzene rings is 1. The van der Waals surface area contributed by atoms with E-state index in [9.17, 15) is 4.79 Å². The van der Waals surface area contributed by atoms with Gasteiger partial charge < -0.3 is 10.4 Å². The van der Waals surface area contributed by atoms with Crippen LogP contribution in [0.2, 0.25) is 0 Å². The van der Waals surface area contributed by atoms with Crippen LogP contribution in [0.15, 0.2) is 36.9 Å². The number of carboxylic acids is 1. The fraction of sp³-hybridized carbons (Fsp3) is 0.250. The standard InChI is InChI=1S/C12H15NO2/c1-2-8-13-11-5-3-4-10(9-11)6-7-12(14)15/h2-5,9,13H,1,6-8H2,(H,14,15). The van der Waals surface area contributed by atoms with Gasteiger partial charge in [-0.15, -0.1) is 6.58 Å². The quantitative estimate of drug-likeness (QED) is 0.700. The van der Waals surface area contributed by atoms with Gasteiger partial charge in [0.15, 0.2) is 0 Å². The third-order valence-corrected chi connectivity index (χ3v) is 2.01. The lowest BCUT2D eigenvalue weighted by molar-refractivity contribution is -0.136. The van der Waals surface area contributed by atoms with E-state index in [0.717, 1.165) is 11.3 Å². The molecule has 3 nitrogen and oxygen atoms in total. The normalized spacial score (nSPS) is 9.60. The topological polar surface area (TPSA) is 49.3 Å². The summed E-state index contributed by atoms with van der Waals surface area (Å²) in [5, 5.41) is 11.7. The predicted octanol–water partition coefficient (Wildman–Crippen LogP) is 2.30. The molecule has 0 unspecified atom stereocenters. The van der Waals surface area contributed by atoms with Gasteiger partial charge in [0, 0.05) is 18.7 Å². The highest BCUT2D eigenvalue weighted by molar-refractivity contribution is 5.67. The predicted molar refractivity (Wildman–Crippen MR) is 61.1 cm³/mol. The molecule has 0 heterocycles. The van der Waals surface area contributed by atoms with Crippen molar-refractivity contribution in [3.8, 4) is 0 Å². The van der Waals surface area contributed by atoms with Crippen LogP contribution in [-0.2, 0) is 11.2 Å². The zero-order chi connectivity index (χ0) is 11.1. The van der Waals surface area contributed by atoms with E-state index in [2.05, 4.69) is 11.9 Å². The van der Waals surface area contributed by atoms with Crippen LogP contribution in [0.3, 0.4) is 0 Å². The Morgan fingerprint density at radius 1 is 1.53 bits per heavy atom. The SMILES string of the molecule is C=CCNc1cccc(CCC(=O)O)c1. The average Bonchev–Trinajstić information content (AvgIpc) is 2.24. The number of hydrogen-bond donors (Lipinski definition) is 2. The molecule has 1 aromatic carbocycles. The van der Waals surface area contributed by atoms with Crippen molar-refractivity contribution in [3.63, 3.8) is 0 Å². The molecule has 80 valence electrons. The van der Waals surface area contributed by atoms with E-state index in [1.165, 1.54) is 0 Å². The molecule has 0 atom stereocenters. The Morgan fingerprint density at radius 3 is 3.00 bits per heavy atom. The number of carboxylic acid groups (broad SMARTS) is 1. The summed E-state index contributed by atoms with van der Waals surface area (Å²) in [6.07, 6.45) is 2.52. The molecule has 0 aromatic heterocycles. The Morgan fingerprint density at radius 2 is 2.33 bits per heavy atom. The lowest BCUT2D eigenvalue weighted by atomic mass is 10.1. The summed E-state index contributed by atoms with van der Waals surface area (Å²) in [4.78, 5) is 10.4. The highest BCUT2D eigenvalue weighted by atomic mass is 16.4. The van der Waals surface area contributed by atoms with E-state index in [1.54, 1.807) is 6.08 Å². The van der Waals surface area contributed by atoms with Gasteiger partial charge in [0.2, 0.25) is 0 Å². The average molecular weight is 205 g/mol. The molecule has 15 heavy (non-hydrogen) atoms. The molecule has 0 fully saturated rings. The summed E-state index contributed by atoms with van der Waals surface area (Å²) in [6.45, 7) is 4.33. The third-order valence-electron chi connectivity index (χ3n) is 2.01. The van der Waals surface area contributed by atoms with Gasteiger partial charge in [0.1, 0.15) is 0 Å². The van der Waals surface area contributed by atoms with Gasteiger partial charge in [-0.2, -0.15) is 0 Å². The maximum Gasteiger partial charge on any atom is 0.303 e. The molecule has 0 amide bonds. The summed E-state index contributed by atoms with van der Waals surface area (Å²) in [7, 11) is 0. The second kappa shape index (κ2) is 5.86. The molecular weight excluding hydrogens is 190 g/mol. The Balaban J connectivity index is 2.57. The van der Waals surface area contributed by atoms with Crippen LogP contribution in [0.25, 0.3) is 0 Å². The second-order valence-electron chi connectivity index (χ2n) is 3.26. The first kappa shape index (κ1) is 11.3. The van der Waals surface area contributed by atoms with Crippen LogP contribution in [0, 0.1) is 0 Å². The van der Waals surface area contributed by atoms with Gasteiger partial charge in [0.25, 0.3) is 0 Å². The fourth-order valence-electron chi connectivity index (χ4n) is 1.28. The zero-order valence-corrected chi connectivity index (χ0v) is 8.57. The second-order valence-corrected chi connectivity index (χ2v) is 3.26. The molecule has 0 aliphatic rings. The first-order valence-corrected chi connectivity index (χ1v) is 4.88. The fourth-order valence-corrected chi connectivity index (χ4v) is 1.28. The molecule has 0 aliphatic heterocycles. The molecule has 1 rings (SSSR count). The monoisotopic (exact) mass is 205 g/mol. The van der Waals surface area contributed by atoms with Gasteiger partial charge in [0.05, 0.1) is 0 Å². The van der Waals surface area contributed by atoms with Crippen molar-refractivity contribution >= 4 is 11.7 Å². The molecular formula is C12H15NO2. The van der Waals surface area contributed by atoms with E-state index < -0.39 is 5.97 Å². The molecule has 0 bridgehead atoms. The molecule has 2 N–H and O–H groups in total. The number of carbonyl (C=O) groups is 1. The number of rotatable bonds is 6. The minimum absolute atomic E-state index is 0.172. The minimum atomic E-state index is -0.764. The Bertz CT molecular complexity index is 347. The summed E-state index contributed by atoms with van der Waals surface area (Å²) < 4.78 is 0. The summed E-state index contributed by atoms with van der Waals surface area (Å²) >= 11 is 0. The third kappa shape index (κ3) is 4.31. The number of hydrogen-bond acceptors (Lipinski definition) is 2. The zero-order valence-electron chi connectivity index (χ0n) is 8.57. The number of aliphatic carboxylic acids is 1. The Kier molecular flexibility index (Phi) is 4.41. The van der Waals surface area contributed by atoms with Gasteiger partial charge >= 0.3 is 5.97 Å². The van der Waals surface area contributed by atoms with Crippen molar-refractivity contribution in [1.29, 1.82) is 0 Å². The number of anilines is 1. The molecule has 0 saturated carbocycles. The van der Waals surface area contributed by atoms with Crippen LogP contribution in [0.5, 0.6) is 0 Å². The maximum absolute atomic E-state index is 10.4. The smallest absolute Gasteiger partial charge is 0.303 e. The molecule has 0 radical (unpaired) electrons. The van der Waals surface area contributed by atoms with Gasteiger partial charge in [-0.25, -0.2) is 0 Å². The lowest BCUT2D eigenvalue weighted by Crippen LogP contribution is -2.00. The number of aryl methyl sites for hydroxylation is 1. The van der Waals surface area contributed by atoms with Gasteiger partial charge in [-0.05, 0) is 24.1 Å². The minimum Gasteiger partial charge on any atom is -0.481 e. The van der Waals surface area contributed by atoms with Crippen molar-refractivity contribution in [2.45, 2.75) is 12.8 Å². The first-order chi connectivity index (χ1) is 7.22. The summed E-state index contributed by atoms with van der Waals surface area (Å²) in [5.74, 6) is -0.764.